The van der Waals surface area contributed by atoms with E-state index in [0.29, 0.717) is 29.1 Å². The predicted octanol–water partition coefficient (Wildman–Crippen LogP) is 13.3. The highest BCUT2D eigenvalue weighted by molar-refractivity contribution is 7.25. The number of para-hydroxylation sites is 1. The first-order chi connectivity index (χ1) is 30.7. The number of hydrogen-bond donors (Lipinski definition) is 1. The number of amidine groups is 2. The second-order valence-corrected chi connectivity index (χ2v) is 16.4. The minimum atomic E-state index is -0.372. The monoisotopic (exact) mass is 814 g/mol. The van der Waals surface area contributed by atoms with Gasteiger partial charge in [0.25, 0.3) is 0 Å². The molecular weight excluding hydrogens is 781 g/mol. The summed E-state index contributed by atoms with van der Waals surface area (Å²) in [6, 6.07) is 66.6. The lowest BCUT2D eigenvalue weighted by atomic mass is 9.95. The Morgan fingerprint density at radius 3 is 1.81 bits per heavy atom. The number of aliphatic imine (C=N–C) groups is 2. The lowest BCUT2D eigenvalue weighted by Gasteiger charge is -2.25. The summed E-state index contributed by atoms with van der Waals surface area (Å²) in [5, 5.41) is 8.31. The van der Waals surface area contributed by atoms with Crippen LogP contribution in [0.15, 0.2) is 209 Å². The molecule has 62 heavy (non-hydrogen) atoms. The molecule has 0 amide bonds. The van der Waals surface area contributed by atoms with Gasteiger partial charge in [-0.1, -0.05) is 152 Å². The van der Waals surface area contributed by atoms with E-state index in [1.807, 2.05) is 108 Å². The van der Waals surface area contributed by atoms with Crippen LogP contribution >= 0.6 is 11.3 Å². The molecule has 4 heterocycles. The fourth-order valence-corrected chi connectivity index (χ4v) is 9.49. The Morgan fingerprint density at radius 2 is 1.02 bits per heavy atom. The number of hydrogen-bond acceptors (Lipinski definition) is 8. The summed E-state index contributed by atoms with van der Waals surface area (Å²) >= 11 is 1.81. The van der Waals surface area contributed by atoms with Crippen molar-refractivity contribution in [3.63, 3.8) is 0 Å². The molecule has 0 spiro atoms. The third-order valence-corrected chi connectivity index (χ3v) is 12.5. The van der Waals surface area contributed by atoms with Crippen LogP contribution in [0.5, 0.6) is 0 Å². The first-order valence-electron chi connectivity index (χ1n) is 20.5. The number of aromatic nitrogens is 3. The van der Waals surface area contributed by atoms with Gasteiger partial charge in [-0.3, -0.25) is 0 Å². The average Bonchev–Trinajstić information content (AvgIpc) is 3.92. The van der Waals surface area contributed by atoms with Gasteiger partial charge in [0.15, 0.2) is 23.3 Å². The molecule has 0 bridgehead atoms. The van der Waals surface area contributed by atoms with Gasteiger partial charge in [0.1, 0.15) is 23.2 Å². The Morgan fingerprint density at radius 1 is 0.419 bits per heavy atom. The van der Waals surface area contributed by atoms with Crippen molar-refractivity contribution >= 4 is 65.1 Å². The van der Waals surface area contributed by atoms with E-state index in [4.69, 9.17) is 29.4 Å². The predicted molar refractivity (Wildman–Crippen MR) is 254 cm³/mol. The topological polar surface area (TPSA) is 88.6 Å². The van der Waals surface area contributed by atoms with Crippen LogP contribution in [0.2, 0.25) is 0 Å². The standard InChI is InChI=1S/C54H34N6OS/c1-4-14-33(15-5-1)49-56-52(58-53(57-49)38-26-29-46-43(30-38)40-20-10-12-22-45(40)61-46)37-25-27-39(36-24-28-42-41-21-11-13-23-47(41)62-48(42)32-36)44(31-37)54-59-50(34-16-6-2-7-17-34)55-51(60-54)35-18-8-3-9-19-35/h1-32,50H,(H,55,59,60). The molecule has 0 saturated carbocycles. The molecule has 1 aliphatic heterocycles. The average molecular weight is 815 g/mol. The highest BCUT2D eigenvalue weighted by Crippen LogP contribution is 2.39. The summed E-state index contributed by atoms with van der Waals surface area (Å²) in [5.41, 5.74) is 9.23. The maximum atomic E-state index is 6.18. The summed E-state index contributed by atoms with van der Waals surface area (Å²) in [5.74, 6) is 3.06. The highest BCUT2D eigenvalue weighted by atomic mass is 32.1. The normalized spacial score (nSPS) is 14.0. The summed E-state index contributed by atoms with van der Waals surface area (Å²) in [6.07, 6.45) is -0.372. The number of nitrogens with zero attached hydrogens (tertiary/aromatic N) is 5. The number of furan rings is 1. The van der Waals surface area contributed by atoms with Gasteiger partial charge in [-0.25, -0.2) is 24.9 Å². The first kappa shape index (κ1) is 35.8. The van der Waals surface area contributed by atoms with E-state index >= 15 is 0 Å². The molecule has 3 aromatic heterocycles. The molecule has 1 aliphatic rings. The molecule has 1 unspecified atom stereocenters. The summed E-state index contributed by atoms with van der Waals surface area (Å²) in [7, 11) is 0. The number of fused-ring (bicyclic) bond motifs is 6. The van der Waals surface area contributed by atoms with E-state index in [9.17, 15) is 0 Å². The van der Waals surface area contributed by atoms with Crippen LogP contribution in [0.1, 0.15) is 22.9 Å². The van der Waals surface area contributed by atoms with Crippen molar-refractivity contribution in [1.29, 1.82) is 0 Å². The van der Waals surface area contributed by atoms with E-state index in [0.717, 1.165) is 66.4 Å². The molecule has 12 rings (SSSR count). The smallest absolute Gasteiger partial charge is 0.164 e. The molecule has 292 valence electrons. The van der Waals surface area contributed by atoms with Gasteiger partial charge in [0, 0.05) is 58.8 Å². The SMILES string of the molecule is c1ccc(C2=NC(c3ccccc3)NC(c3cc(-c4nc(-c5ccccc5)nc(-c5ccc6oc7ccccc7c6c5)n4)ccc3-c3ccc4c(c3)sc3ccccc34)=N2)cc1. The molecular formula is C54H34N6OS. The van der Waals surface area contributed by atoms with E-state index in [-0.39, 0.29) is 6.17 Å². The van der Waals surface area contributed by atoms with Crippen molar-refractivity contribution < 1.29 is 4.42 Å². The Labute approximate surface area is 360 Å². The second-order valence-electron chi connectivity index (χ2n) is 15.3. The number of benzene rings is 8. The van der Waals surface area contributed by atoms with Crippen molar-refractivity contribution in [3.8, 4) is 45.3 Å². The van der Waals surface area contributed by atoms with E-state index in [2.05, 4.69) is 102 Å². The van der Waals surface area contributed by atoms with Crippen molar-refractivity contribution in [2.75, 3.05) is 0 Å². The van der Waals surface area contributed by atoms with Crippen molar-refractivity contribution in [3.05, 3.63) is 211 Å². The molecule has 1 atom stereocenters. The molecule has 11 aromatic rings. The van der Waals surface area contributed by atoms with Crippen LogP contribution < -0.4 is 5.32 Å². The van der Waals surface area contributed by atoms with Crippen LogP contribution in [0, 0.1) is 0 Å². The zero-order valence-corrected chi connectivity index (χ0v) is 33.9. The fraction of sp³-hybridized carbons (Fsp3) is 0.0185. The summed E-state index contributed by atoms with van der Waals surface area (Å²) in [6.45, 7) is 0. The van der Waals surface area contributed by atoms with Gasteiger partial charge in [0.05, 0.1) is 0 Å². The first-order valence-corrected chi connectivity index (χ1v) is 21.3. The number of rotatable bonds is 7. The van der Waals surface area contributed by atoms with Gasteiger partial charge in [-0.2, -0.15) is 0 Å². The van der Waals surface area contributed by atoms with Crippen molar-refractivity contribution in [2.45, 2.75) is 6.17 Å². The van der Waals surface area contributed by atoms with Gasteiger partial charge in [-0.15, -0.1) is 11.3 Å². The van der Waals surface area contributed by atoms with Gasteiger partial charge >= 0.3 is 0 Å². The number of thiophene rings is 1. The van der Waals surface area contributed by atoms with Crippen molar-refractivity contribution in [2.24, 2.45) is 9.98 Å². The minimum Gasteiger partial charge on any atom is -0.456 e. The Bertz CT molecular complexity index is 3560. The van der Waals surface area contributed by atoms with Crippen LogP contribution in [0.25, 0.3) is 87.4 Å². The Kier molecular flexibility index (Phi) is 8.60. The third-order valence-electron chi connectivity index (χ3n) is 11.4. The van der Waals surface area contributed by atoms with Gasteiger partial charge < -0.3 is 9.73 Å². The van der Waals surface area contributed by atoms with E-state index in [1.54, 1.807) is 0 Å². The molecule has 0 radical (unpaired) electrons. The zero-order chi connectivity index (χ0) is 41.0. The molecule has 0 fully saturated rings. The summed E-state index contributed by atoms with van der Waals surface area (Å²) in [4.78, 5) is 25.9. The largest absolute Gasteiger partial charge is 0.456 e. The maximum absolute atomic E-state index is 6.18. The van der Waals surface area contributed by atoms with Gasteiger partial charge in [-0.05, 0) is 59.2 Å². The summed E-state index contributed by atoms with van der Waals surface area (Å²) < 4.78 is 8.67. The molecule has 7 nitrogen and oxygen atoms in total. The van der Waals surface area contributed by atoms with Gasteiger partial charge in [0.2, 0.25) is 0 Å². The van der Waals surface area contributed by atoms with Crippen LogP contribution in [0.4, 0.5) is 0 Å². The van der Waals surface area contributed by atoms with Crippen LogP contribution in [-0.4, -0.2) is 26.6 Å². The van der Waals surface area contributed by atoms with Crippen LogP contribution in [-0.2, 0) is 0 Å². The Hall–Kier alpha value is -8.07. The lowest BCUT2D eigenvalue weighted by Crippen LogP contribution is -2.34. The van der Waals surface area contributed by atoms with E-state index < -0.39 is 0 Å². The number of nitrogens with one attached hydrogen (secondary N) is 1. The molecule has 0 aliphatic carbocycles. The molecule has 0 saturated heterocycles. The molecule has 1 N–H and O–H groups in total. The van der Waals surface area contributed by atoms with Crippen LogP contribution in [0.3, 0.4) is 0 Å². The molecule has 8 aromatic carbocycles. The molecule has 8 heteroatoms. The lowest BCUT2D eigenvalue weighted by molar-refractivity contribution is 0.669. The third kappa shape index (κ3) is 6.41. The minimum absolute atomic E-state index is 0.372. The van der Waals surface area contributed by atoms with E-state index in [1.165, 1.54) is 20.2 Å². The second kappa shape index (κ2) is 14.9. The van der Waals surface area contributed by atoms with Crippen molar-refractivity contribution in [1.82, 2.24) is 20.3 Å². The highest BCUT2D eigenvalue weighted by Gasteiger charge is 2.25. The zero-order valence-electron chi connectivity index (χ0n) is 33.1. The Balaban J connectivity index is 1.06. The maximum Gasteiger partial charge on any atom is 0.164 e. The fourth-order valence-electron chi connectivity index (χ4n) is 8.35. The quantitative estimate of drug-likeness (QED) is 0.173.